The number of aromatic nitrogens is 3. The van der Waals surface area contributed by atoms with Crippen LogP contribution in [0.15, 0.2) is 48.0 Å². The number of carbonyl (C=O) groups is 2. The van der Waals surface area contributed by atoms with Gasteiger partial charge in [0.15, 0.2) is 5.65 Å². The number of aryl methyl sites for hydroxylation is 1. The molecule has 4 rings (SSSR count). The maximum Gasteiger partial charge on any atom is 0.256 e. The van der Waals surface area contributed by atoms with Crippen LogP contribution in [0.5, 0.6) is 0 Å². The van der Waals surface area contributed by atoms with Crippen molar-refractivity contribution < 1.29 is 9.59 Å². The summed E-state index contributed by atoms with van der Waals surface area (Å²) in [6, 6.07) is 10.5. The number of pyridine rings is 1. The van der Waals surface area contributed by atoms with Crippen LogP contribution in [0.1, 0.15) is 45.1 Å². The number of hydrogen-bond donors (Lipinski definition) is 2. The van der Waals surface area contributed by atoms with Crippen LogP contribution in [-0.2, 0) is 6.54 Å². The second-order valence-electron chi connectivity index (χ2n) is 7.70. The first kappa shape index (κ1) is 22.0. The molecule has 2 N–H and O–H groups in total. The molecule has 0 spiro atoms. The first-order valence-electron chi connectivity index (χ1n) is 10.1. The molecule has 0 aliphatic heterocycles. The number of anilines is 1. The molecule has 0 bridgehead atoms. The van der Waals surface area contributed by atoms with Gasteiger partial charge in [-0.1, -0.05) is 17.7 Å². The van der Waals surface area contributed by atoms with Crippen molar-refractivity contribution in [2.45, 2.75) is 33.4 Å². The summed E-state index contributed by atoms with van der Waals surface area (Å²) in [6.07, 6.45) is 1.65. The van der Waals surface area contributed by atoms with Crippen LogP contribution in [0.4, 0.5) is 5.69 Å². The highest BCUT2D eigenvalue weighted by Crippen LogP contribution is 2.25. The number of carbonyl (C=O) groups excluding carboxylic acids is 2. The lowest BCUT2D eigenvalue weighted by molar-refractivity contribution is 0.0944. The molecule has 4 aromatic rings. The number of halogens is 1. The second kappa shape index (κ2) is 9.10. The molecule has 2 amide bonds. The minimum Gasteiger partial charge on any atom is -0.350 e. The van der Waals surface area contributed by atoms with Crippen LogP contribution in [0, 0.1) is 6.92 Å². The van der Waals surface area contributed by atoms with Crippen molar-refractivity contribution in [2.24, 2.45) is 0 Å². The smallest absolute Gasteiger partial charge is 0.256 e. The van der Waals surface area contributed by atoms with Gasteiger partial charge < -0.3 is 10.6 Å². The summed E-state index contributed by atoms with van der Waals surface area (Å²) in [6.45, 7) is 6.15. The molecule has 0 saturated carbocycles. The van der Waals surface area contributed by atoms with Crippen molar-refractivity contribution in [3.63, 3.8) is 0 Å². The van der Waals surface area contributed by atoms with E-state index in [0.717, 1.165) is 4.88 Å². The summed E-state index contributed by atoms with van der Waals surface area (Å²) in [5.74, 6) is -0.649. The van der Waals surface area contributed by atoms with Crippen LogP contribution in [0.3, 0.4) is 0 Å². The van der Waals surface area contributed by atoms with Gasteiger partial charge >= 0.3 is 0 Å². The quantitative estimate of drug-likeness (QED) is 0.422. The van der Waals surface area contributed by atoms with E-state index in [9.17, 15) is 9.59 Å². The second-order valence-corrected chi connectivity index (χ2v) is 9.17. The third-order valence-electron chi connectivity index (χ3n) is 4.76. The lowest BCUT2D eigenvalue weighted by Gasteiger charge is -2.14. The molecule has 164 valence electrons. The number of nitrogens with one attached hydrogen (secondary N) is 2. The zero-order valence-electron chi connectivity index (χ0n) is 17.8. The normalized spacial score (nSPS) is 11.2. The summed E-state index contributed by atoms with van der Waals surface area (Å²) < 4.78 is 1.78. The van der Waals surface area contributed by atoms with Gasteiger partial charge in [0.05, 0.1) is 34.9 Å². The largest absolute Gasteiger partial charge is 0.350 e. The van der Waals surface area contributed by atoms with E-state index in [0.29, 0.717) is 45.1 Å². The summed E-state index contributed by atoms with van der Waals surface area (Å²) in [5.41, 5.74) is 2.44. The third kappa shape index (κ3) is 4.66. The first-order valence-corrected chi connectivity index (χ1v) is 11.3. The highest BCUT2D eigenvalue weighted by Gasteiger charge is 2.19. The summed E-state index contributed by atoms with van der Waals surface area (Å²) in [5, 5.41) is 13.2. The lowest BCUT2D eigenvalue weighted by atomic mass is 10.1. The monoisotopic (exact) mass is 467 g/mol. The SMILES string of the molecule is Cc1cc(C(=O)Nc2cc(Cl)ccc2C(=O)NC(C)C)c2cnn(Cc3cccs3)c2n1. The van der Waals surface area contributed by atoms with Gasteiger partial charge in [0.25, 0.3) is 11.8 Å². The van der Waals surface area contributed by atoms with Gasteiger partial charge in [-0.25, -0.2) is 9.67 Å². The van der Waals surface area contributed by atoms with Gasteiger partial charge in [0, 0.05) is 21.6 Å². The Hall–Kier alpha value is -3.23. The van der Waals surface area contributed by atoms with Crippen LogP contribution in [0.2, 0.25) is 5.02 Å². The molecule has 1 aromatic carbocycles. The Morgan fingerprint density at radius 2 is 1.97 bits per heavy atom. The molecule has 0 aliphatic rings. The topological polar surface area (TPSA) is 88.9 Å². The van der Waals surface area contributed by atoms with Crippen molar-refractivity contribution in [3.8, 4) is 0 Å². The number of benzene rings is 1. The van der Waals surface area contributed by atoms with E-state index >= 15 is 0 Å². The van der Waals surface area contributed by atoms with Crippen molar-refractivity contribution in [3.05, 3.63) is 74.7 Å². The van der Waals surface area contributed by atoms with Gasteiger partial charge in [-0.2, -0.15) is 5.10 Å². The van der Waals surface area contributed by atoms with E-state index in [-0.39, 0.29) is 17.9 Å². The Morgan fingerprint density at radius 3 is 2.69 bits per heavy atom. The third-order valence-corrected chi connectivity index (χ3v) is 5.86. The van der Waals surface area contributed by atoms with E-state index < -0.39 is 0 Å². The van der Waals surface area contributed by atoms with E-state index in [1.165, 1.54) is 0 Å². The summed E-state index contributed by atoms with van der Waals surface area (Å²) in [4.78, 5) is 31.6. The molecule has 3 aromatic heterocycles. The van der Waals surface area contributed by atoms with Gasteiger partial charge in [0.2, 0.25) is 0 Å². The highest BCUT2D eigenvalue weighted by molar-refractivity contribution is 7.09. The molecular formula is C23H22ClN5O2S. The fourth-order valence-electron chi connectivity index (χ4n) is 3.37. The average Bonchev–Trinajstić information content (AvgIpc) is 3.37. The standard InChI is InChI=1S/C23H22ClN5O2S/c1-13(2)26-22(30)17-7-6-15(24)10-20(17)28-23(31)18-9-14(3)27-21-19(18)11-25-29(21)12-16-5-4-8-32-16/h4-11,13H,12H2,1-3H3,(H,26,30)(H,28,31). The van der Waals surface area contributed by atoms with E-state index in [1.54, 1.807) is 46.5 Å². The fourth-order valence-corrected chi connectivity index (χ4v) is 4.23. The maximum atomic E-state index is 13.3. The summed E-state index contributed by atoms with van der Waals surface area (Å²) >= 11 is 7.78. The molecule has 0 saturated heterocycles. The predicted molar refractivity (Wildman–Crippen MR) is 128 cm³/mol. The summed E-state index contributed by atoms with van der Waals surface area (Å²) in [7, 11) is 0. The predicted octanol–water partition coefficient (Wildman–Crippen LogP) is 4.89. The van der Waals surface area contributed by atoms with Gasteiger partial charge in [-0.15, -0.1) is 11.3 Å². The van der Waals surface area contributed by atoms with Crippen LogP contribution in [-0.4, -0.2) is 32.6 Å². The van der Waals surface area contributed by atoms with Crippen molar-refractivity contribution >= 4 is 51.5 Å². The zero-order valence-corrected chi connectivity index (χ0v) is 19.4. The fraction of sp³-hybridized carbons (Fsp3) is 0.217. The Morgan fingerprint density at radius 1 is 1.16 bits per heavy atom. The molecule has 0 fully saturated rings. The molecule has 7 nitrogen and oxygen atoms in total. The van der Waals surface area contributed by atoms with Crippen molar-refractivity contribution in [1.29, 1.82) is 0 Å². The Balaban J connectivity index is 1.69. The Bertz CT molecular complexity index is 1300. The lowest BCUT2D eigenvalue weighted by Crippen LogP contribution is -2.31. The zero-order chi connectivity index (χ0) is 22.8. The maximum absolute atomic E-state index is 13.3. The molecule has 3 heterocycles. The minimum absolute atomic E-state index is 0.0432. The Labute approximate surface area is 194 Å². The van der Waals surface area contributed by atoms with Crippen LogP contribution >= 0.6 is 22.9 Å². The van der Waals surface area contributed by atoms with Gasteiger partial charge in [0.1, 0.15) is 0 Å². The number of hydrogen-bond acceptors (Lipinski definition) is 5. The molecule has 32 heavy (non-hydrogen) atoms. The van der Waals surface area contributed by atoms with Crippen LogP contribution < -0.4 is 10.6 Å². The van der Waals surface area contributed by atoms with E-state index in [2.05, 4.69) is 20.7 Å². The van der Waals surface area contributed by atoms with E-state index in [4.69, 9.17) is 11.6 Å². The van der Waals surface area contributed by atoms with E-state index in [1.807, 2.05) is 38.3 Å². The first-order chi connectivity index (χ1) is 15.3. The molecule has 9 heteroatoms. The molecular weight excluding hydrogens is 446 g/mol. The van der Waals surface area contributed by atoms with Crippen molar-refractivity contribution in [1.82, 2.24) is 20.1 Å². The Kier molecular flexibility index (Phi) is 6.25. The molecule has 0 unspecified atom stereocenters. The molecule has 0 aliphatic carbocycles. The number of fused-ring (bicyclic) bond motifs is 1. The number of rotatable bonds is 6. The van der Waals surface area contributed by atoms with Gasteiger partial charge in [-0.3, -0.25) is 9.59 Å². The number of amides is 2. The van der Waals surface area contributed by atoms with Gasteiger partial charge in [-0.05, 0) is 56.5 Å². The number of nitrogens with zero attached hydrogens (tertiary/aromatic N) is 3. The molecule has 0 atom stereocenters. The van der Waals surface area contributed by atoms with Crippen molar-refractivity contribution in [2.75, 3.05) is 5.32 Å². The average molecular weight is 468 g/mol. The minimum atomic E-state index is -0.364. The number of thiophene rings is 1. The van der Waals surface area contributed by atoms with Crippen LogP contribution in [0.25, 0.3) is 11.0 Å². The highest BCUT2D eigenvalue weighted by atomic mass is 35.5. The molecule has 0 radical (unpaired) electrons.